The molecule has 0 aliphatic carbocycles. The number of alkyl carbamates (subject to hydrolysis) is 1. The summed E-state index contributed by atoms with van der Waals surface area (Å²) in [4.78, 5) is 41.1. The van der Waals surface area contributed by atoms with Crippen molar-refractivity contribution in [3.05, 3.63) is 35.4 Å². The molecular weight excluding hydrogens is 418 g/mol. The minimum atomic E-state index is -0.860. The van der Waals surface area contributed by atoms with Crippen LogP contribution in [0.3, 0.4) is 0 Å². The number of hydrogen-bond donors (Lipinski definition) is 2. The zero-order valence-electron chi connectivity index (χ0n) is 21.8. The lowest BCUT2D eigenvalue weighted by atomic mass is 9.96. The summed E-state index contributed by atoms with van der Waals surface area (Å²) >= 11 is 0. The van der Waals surface area contributed by atoms with Crippen LogP contribution in [0, 0.1) is 6.92 Å². The average Bonchev–Trinajstić information content (AvgIpc) is 2.70. The molecule has 7 nitrogen and oxygen atoms in total. The fourth-order valence-corrected chi connectivity index (χ4v) is 3.70. The highest BCUT2D eigenvalue weighted by Crippen LogP contribution is 2.28. The third-order valence-corrected chi connectivity index (χ3v) is 5.54. The van der Waals surface area contributed by atoms with Crippen LogP contribution in [0.15, 0.2) is 24.3 Å². The number of rotatable bonds is 10. The number of amides is 3. The van der Waals surface area contributed by atoms with Crippen LogP contribution in [-0.4, -0.2) is 46.5 Å². The van der Waals surface area contributed by atoms with E-state index in [9.17, 15) is 14.4 Å². The van der Waals surface area contributed by atoms with Gasteiger partial charge < -0.3 is 20.3 Å². The Balaban J connectivity index is 3.37. The second kappa shape index (κ2) is 12.6. The van der Waals surface area contributed by atoms with Crippen LogP contribution < -0.4 is 10.6 Å². The molecule has 186 valence electrons. The molecule has 2 N–H and O–H groups in total. The van der Waals surface area contributed by atoms with Gasteiger partial charge in [0, 0.05) is 12.1 Å². The van der Waals surface area contributed by atoms with E-state index in [1.165, 1.54) is 0 Å². The van der Waals surface area contributed by atoms with Gasteiger partial charge in [-0.25, -0.2) is 4.79 Å². The van der Waals surface area contributed by atoms with Crippen molar-refractivity contribution in [3.8, 4) is 0 Å². The smallest absolute Gasteiger partial charge is 0.408 e. The summed E-state index contributed by atoms with van der Waals surface area (Å²) in [6, 6.07) is 5.70. The Morgan fingerprint density at radius 2 is 1.64 bits per heavy atom. The van der Waals surface area contributed by atoms with Crippen molar-refractivity contribution < 1.29 is 19.1 Å². The highest BCUT2D eigenvalue weighted by Gasteiger charge is 2.37. The molecule has 1 aromatic carbocycles. The first kappa shape index (κ1) is 28.5. The number of benzene rings is 1. The van der Waals surface area contributed by atoms with Gasteiger partial charge in [0.15, 0.2) is 0 Å². The molecule has 0 aliphatic rings. The third kappa shape index (κ3) is 8.71. The molecule has 0 fully saturated rings. The molecule has 7 heteroatoms. The average molecular weight is 462 g/mol. The van der Waals surface area contributed by atoms with Crippen LogP contribution in [0.1, 0.15) is 91.8 Å². The number of aryl methyl sites for hydroxylation is 1. The van der Waals surface area contributed by atoms with E-state index < -0.39 is 23.8 Å². The van der Waals surface area contributed by atoms with E-state index in [-0.39, 0.29) is 23.9 Å². The quantitative estimate of drug-likeness (QED) is 0.520. The largest absolute Gasteiger partial charge is 0.444 e. The predicted octanol–water partition coefficient (Wildman–Crippen LogP) is 4.88. The molecular formula is C26H43N3O4. The molecule has 33 heavy (non-hydrogen) atoms. The van der Waals surface area contributed by atoms with E-state index >= 15 is 0 Å². The van der Waals surface area contributed by atoms with Gasteiger partial charge in [-0.3, -0.25) is 9.59 Å². The summed E-state index contributed by atoms with van der Waals surface area (Å²) in [6.07, 6.45) is 1.79. The minimum Gasteiger partial charge on any atom is -0.444 e. The van der Waals surface area contributed by atoms with Crippen LogP contribution in [0.2, 0.25) is 0 Å². The maximum Gasteiger partial charge on any atom is 0.408 e. The van der Waals surface area contributed by atoms with Gasteiger partial charge in [-0.1, -0.05) is 44.5 Å². The molecule has 4 unspecified atom stereocenters. The number of ether oxygens (including phenoxy) is 1. The Morgan fingerprint density at radius 3 is 2.15 bits per heavy atom. The van der Waals surface area contributed by atoms with E-state index in [0.29, 0.717) is 6.42 Å². The first-order valence-corrected chi connectivity index (χ1v) is 12.0. The molecule has 1 rings (SSSR count). The lowest BCUT2D eigenvalue weighted by molar-refractivity contribution is -0.145. The van der Waals surface area contributed by atoms with Crippen molar-refractivity contribution in [1.29, 1.82) is 0 Å². The zero-order chi connectivity index (χ0) is 25.3. The Bertz CT molecular complexity index is 803. The summed E-state index contributed by atoms with van der Waals surface area (Å²) in [6.45, 7) is 16.8. The summed E-state index contributed by atoms with van der Waals surface area (Å²) in [5, 5.41) is 5.72. The first-order valence-electron chi connectivity index (χ1n) is 12.0. The van der Waals surface area contributed by atoms with Gasteiger partial charge in [-0.2, -0.15) is 0 Å². The summed E-state index contributed by atoms with van der Waals surface area (Å²) in [5.41, 5.74) is 1.02. The zero-order valence-corrected chi connectivity index (χ0v) is 21.8. The maximum atomic E-state index is 13.7. The second-order valence-corrected chi connectivity index (χ2v) is 9.83. The fourth-order valence-electron chi connectivity index (χ4n) is 3.70. The maximum absolute atomic E-state index is 13.7. The molecule has 0 bridgehead atoms. The SMILES string of the molecule is CCCC(C)NC(=O)C(c1ccccc1C)N(C(=O)C(C)NC(=O)OC(C)(C)C)C(C)CC. The van der Waals surface area contributed by atoms with E-state index in [0.717, 1.165) is 24.0 Å². The molecule has 0 aliphatic heterocycles. The molecule has 0 saturated carbocycles. The predicted molar refractivity (Wildman–Crippen MR) is 132 cm³/mol. The Hall–Kier alpha value is -2.57. The third-order valence-electron chi connectivity index (χ3n) is 5.54. The molecule has 0 saturated heterocycles. The molecule has 0 radical (unpaired) electrons. The van der Waals surface area contributed by atoms with Gasteiger partial charge in [-0.15, -0.1) is 0 Å². The summed E-state index contributed by atoms with van der Waals surface area (Å²) in [7, 11) is 0. The number of carbonyl (C=O) groups is 3. The summed E-state index contributed by atoms with van der Waals surface area (Å²) < 4.78 is 5.32. The van der Waals surface area contributed by atoms with Crippen molar-refractivity contribution in [2.45, 2.75) is 111 Å². The van der Waals surface area contributed by atoms with Crippen LogP contribution in [0.4, 0.5) is 4.79 Å². The molecule has 0 heterocycles. The first-order chi connectivity index (χ1) is 15.3. The number of nitrogens with zero attached hydrogens (tertiary/aromatic N) is 1. The standard InChI is InChI=1S/C26H43N3O4/c1-10-14-18(4)27-23(30)22(21-16-13-12-15-17(21)3)29(19(5)11-2)24(31)20(6)28-25(32)33-26(7,8)9/h12-13,15-16,18-20,22H,10-11,14H2,1-9H3,(H,27,30)(H,28,32). The van der Waals surface area contributed by atoms with Crippen LogP contribution in [0.5, 0.6) is 0 Å². The number of nitrogens with one attached hydrogen (secondary N) is 2. The van der Waals surface area contributed by atoms with Gasteiger partial charge >= 0.3 is 6.09 Å². The molecule has 0 aromatic heterocycles. The van der Waals surface area contributed by atoms with Gasteiger partial charge in [0.1, 0.15) is 17.7 Å². The Morgan fingerprint density at radius 1 is 1.03 bits per heavy atom. The Kier molecular flexibility index (Phi) is 10.9. The van der Waals surface area contributed by atoms with Gasteiger partial charge in [0.25, 0.3) is 0 Å². The van der Waals surface area contributed by atoms with Crippen molar-refractivity contribution in [3.63, 3.8) is 0 Å². The minimum absolute atomic E-state index is 0.0137. The van der Waals surface area contributed by atoms with E-state index in [4.69, 9.17) is 4.74 Å². The Labute approximate surface area is 199 Å². The fraction of sp³-hybridized carbons (Fsp3) is 0.654. The van der Waals surface area contributed by atoms with E-state index in [1.54, 1.807) is 32.6 Å². The van der Waals surface area contributed by atoms with Crippen LogP contribution in [-0.2, 0) is 14.3 Å². The molecule has 4 atom stereocenters. The second-order valence-electron chi connectivity index (χ2n) is 9.83. The van der Waals surface area contributed by atoms with Crippen molar-refractivity contribution in [2.75, 3.05) is 0 Å². The highest BCUT2D eigenvalue weighted by atomic mass is 16.6. The number of carbonyl (C=O) groups excluding carboxylic acids is 3. The van der Waals surface area contributed by atoms with Crippen molar-refractivity contribution in [2.24, 2.45) is 0 Å². The van der Waals surface area contributed by atoms with Crippen LogP contribution in [0.25, 0.3) is 0 Å². The topological polar surface area (TPSA) is 87.7 Å². The highest BCUT2D eigenvalue weighted by molar-refractivity contribution is 5.92. The lowest BCUT2D eigenvalue weighted by Crippen LogP contribution is -2.55. The number of hydrogen-bond acceptors (Lipinski definition) is 4. The molecule has 3 amide bonds. The van der Waals surface area contributed by atoms with Gasteiger partial charge in [-0.05, 0) is 72.4 Å². The monoisotopic (exact) mass is 461 g/mol. The molecule has 0 spiro atoms. The van der Waals surface area contributed by atoms with Gasteiger partial charge in [0.2, 0.25) is 11.8 Å². The van der Waals surface area contributed by atoms with Crippen LogP contribution >= 0.6 is 0 Å². The van der Waals surface area contributed by atoms with Crippen molar-refractivity contribution in [1.82, 2.24) is 15.5 Å². The summed E-state index contributed by atoms with van der Waals surface area (Å²) in [5.74, 6) is -0.551. The normalized spacial score (nSPS) is 15.1. The molecule has 1 aromatic rings. The van der Waals surface area contributed by atoms with Gasteiger partial charge in [0.05, 0.1) is 0 Å². The van der Waals surface area contributed by atoms with Crippen molar-refractivity contribution >= 4 is 17.9 Å². The van der Waals surface area contributed by atoms with E-state index in [2.05, 4.69) is 17.6 Å². The van der Waals surface area contributed by atoms with E-state index in [1.807, 2.05) is 52.0 Å². The lowest BCUT2D eigenvalue weighted by Gasteiger charge is -2.38.